The number of rotatable bonds is 8. The molecule has 0 saturated carbocycles. The molecule has 4 N–H and O–H groups in total. The number of nitrogens with one attached hydrogen (secondary N) is 2. The Morgan fingerprint density at radius 2 is 0.981 bits per heavy atom. The summed E-state index contributed by atoms with van der Waals surface area (Å²) in [5, 5.41) is 48.7. The molecule has 0 fully saturated rings. The number of halogens is 3. The zero-order valence-electron chi connectivity index (χ0n) is 28.2. The lowest BCUT2D eigenvalue weighted by molar-refractivity contribution is 0.101. The number of hydrogen-bond donors (Lipinski definition) is 4. The molecule has 7 aromatic carbocycles. The SMILES string of the molecule is Cc1ccc(Cl)c(N=Nc2c(O)c(C(=O)Nc3ccc(NC(=O)c4cc5ccccc5c(N=Nc5cc(Cl)ccc5Cl)c4O)cc3)cc3ccccc23)c1. The summed E-state index contributed by atoms with van der Waals surface area (Å²) in [7, 11) is 0. The number of benzene rings is 7. The van der Waals surface area contributed by atoms with E-state index in [-0.39, 0.29) is 34.0 Å². The second kappa shape index (κ2) is 15.3. The number of aryl methyl sites for hydroxylation is 1. The number of anilines is 2. The van der Waals surface area contributed by atoms with Crippen LogP contribution in [0, 0.1) is 6.92 Å². The Morgan fingerprint density at radius 3 is 1.48 bits per heavy atom. The van der Waals surface area contributed by atoms with Crippen LogP contribution in [0.1, 0.15) is 26.3 Å². The zero-order chi connectivity index (χ0) is 37.9. The number of fused-ring (bicyclic) bond motifs is 2. The molecule has 0 atom stereocenters. The number of amides is 2. The third-order valence-corrected chi connectivity index (χ3v) is 9.28. The van der Waals surface area contributed by atoms with E-state index < -0.39 is 11.8 Å². The summed E-state index contributed by atoms with van der Waals surface area (Å²) in [6.45, 7) is 1.90. The number of azo groups is 2. The Bertz CT molecular complexity index is 2500. The summed E-state index contributed by atoms with van der Waals surface area (Å²) in [6, 6.07) is 33.8. The van der Waals surface area contributed by atoms with Crippen molar-refractivity contribution in [2.45, 2.75) is 6.92 Å². The van der Waals surface area contributed by atoms with Crippen molar-refractivity contribution >= 4 is 102 Å². The molecule has 10 nitrogen and oxygen atoms in total. The van der Waals surface area contributed by atoms with E-state index in [0.717, 1.165) is 5.56 Å². The van der Waals surface area contributed by atoms with Crippen molar-refractivity contribution in [3.8, 4) is 11.5 Å². The molecule has 0 saturated heterocycles. The van der Waals surface area contributed by atoms with Gasteiger partial charge in [0, 0.05) is 27.2 Å². The van der Waals surface area contributed by atoms with Crippen molar-refractivity contribution in [3.05, 3.63) is 153 Å². The average Bonchev–Trinajstić information content (AvgIpc) is 3.16. The third kappa shape index (κ3) is 7.58. The van der Waals surface area contributed by atoms with Crippen LogP contribution in [0.3, 0.4) is 0 Å². The van der Waals surface area contributed by atoms with Crippen LogP contribution in [0.15, 0.2) is 142 Å². The summed E-state index contributed by atoms with van der Waals surface area (Å²) in [5.41, 5.74) is 2.54. The number of nitrogens with zero attached hydrogens (tertiary/aromatic N) is 4. The zero-order valence-corrected chi connectivity index (χ0v) is 30.4. The van der Waals surface area contributed by atoms with Crippen LogP contribution in [-0.4, -0.2) is 22.0 Å². The molecule has 2 amide bonds. The van der Waals surface area contributed by atoms with E-state index in [2.05, 4.69) is 31.1 Å². The van der Waals surface area contributed by atoms with Gasteiger partial charge in [-0.2, -0.15) is 0 Å². The van der Waals surface area contributed by atoms with Gasteiger partial charge in [0.15, 0.2) is 11.5 Å². The molecule has 0 bridgehead atoms. The average molecular weight is 774 g/mol. The van der Waals surface area contributed by atoms with Gasteiger partial charge in [0.05, 0.1) is 21.2 Å². The number of phenols is 2. The Labute approximate surface area is 323 Å². The molecule has 54 heavy (non-hydrogen) atoms. The largest absolute Gasteiger partial charge is 0.505 e. The minimum Gasteiger partial charge on any atom is -0.505 e. The number of hydrogen-bond acceptors (Lipinski definition) is 8. The van der Waals surface area contributed by atoms with Gasteiger partial charge in [0.25, 0.3) is 11.8 Å². The summed E-state index contributed by atoms with van der Waals surface area (Å²) in [4.78, 5) is 27.0. The quantitative estimate of drug-likeness (QED) is 0.114. The second-order valence-electron chi connectivity index (χ2n) is 12.1. The van der Waals surface area contributed by atoms with Gasteiger partial charge in [-0.15, -0.1) is 20.5 Å². The molecule has 7 aromatic rings. The fourth-order valence-corrected chi connectivity index (χ4v) is 6.16. The Kier molecular flexibility index (Phi) is 10.2. The van der Waals surface area contributed by atoms with Crippen LogP contribution < -0.4 is 10.6 Å². The van der Waals surface area contributed by atoms with Crippen molar-refractivity contribution in [1.29, 1.82) is 0 Å². The maximum absolute atomic E-state index is 13.5. The van der Waals surface area contributed by atoms with E-state index in [1.54, 1.807) is 103 Å². The van der Waals surface area contributed by atoms with Crippen LogP contribution in [0.4, 0.5) is 34.1 Å². The van der Waals surface area contributed by atoms with Gasteiger partial charge in [0.2, 0.25) is 0 Å². The van der Waals surface area contributed by atoms with E-state index in [1.807, 2.05) is 19.1 Å². The molecular weight excluding hydrogens is 747 g/mol. The fraction of sp³-hybridized carbons (Fsp3) is 0.0244. The van der Waals surface area contributed by atoms with Crippen molar-refractivity contribution < 1.29 is 19.8 Å². The number of phenolic OH excluding ortho intramolecular Hbond substituents is 2. The molecule has 0 aliphatic carbocycles. The molecule has 0 spiro atoms. The molecule has 0 heterocycles. The topological polar surface area (TPSA) is 148 Å². The van der Waals surface area contributed by atoms with Gasteiger partial charge in [-0.05, 0) is 90.0 Å². The minimum atomic E-state index is -0.609. The van der Waals surface area contributed by atoms with Crippen molar-refractivity contribution in [3.63, 3.8) is 0 Å². The smallest absolute Gasteiger partial charge is 0.259 e. The molecular formula is C41H27Cl3N6O4. The lowest BCUT2D eigenvalue weighted by atomic mass is 10.0. The van der Waals surface area contributed by atoms with Crippen molar-refractivity contribution in [1.82, 2.24) is 0 Å². The lowest BCUT2D eigenvalue weighted by Gasteiger charge is -2.13. The summed E-state index contributed by atoms with van der Waals surface area (Å²) in [6.07, 6.45) is 0. The summed E-state index contributed by atoms with van der Waals surface area (Å²) >= 11 is 18.7. The van der Waals surface area contributed by atoms with Crippen LogP contribution in [0.25, 0.3) is 21.5 Å². The first kappa shape index (κ1) is 36.0. The van der Waals surface area contributed by atoms with Gasteiger partial charge in [-0.1, -0.05) is 89.4 Å². The van der Waals surface area contributed by atoms with Gasteiger partial charge in [0.1, 0.15) is 22.7 Å². The fourth-order valence-electron chi connectivity index (χ4n) is 5.69. The first-order valence-corrected chi connectivity index (χ1v) is 17.5. The first-order chi connectivity index (χ1) is 26.0. The van der Waals surface area contributed by atoms with E-state index >= 15 is 0 Å². The van der Waals surface area contributed by atoms with Gasteiger partial charge < -0.3 is 20.8 Å². The Morgan fingerprint density at radius 1 is 0.537 bits per heavy atom. The highest BCUT2D eigenvalue weighted by molar-refractivity contribution is 6.35. The number of carbonyl (C=O) groups is 2. The maximum atomic E-state index is 13.5. The molecule has 0 unspecified atom stereocenters. The van der Waals surface area contributed by atoms with Crippen LogP contribution in [-0.2, 0) is 0 Å². The second-order valence-corrected chi connectivity index (χ2v) is 13.4. The number of aromatic hydroxyl groups is 2. The molecule has 0 aliphatic rings. The summed E-state index contributed by atoms with van der Waals surface area (Å²) in [5.74, 6) is -1.94. The Hall–Kier alpha value is -6.33. The highest BCUT2D eigenvalue weighted by Crippen LogP contribution is 2.42. The molecule has 13 heteroatoms. The highest BCUT2D eigenvalue weighted by atomic mass is 35.5. The van der Waals surface area contributed by atoms with E-state index in [0.29, 0.717) is 59.4 Å². The predicted molar refractivity (Wildman–Crippen MR) is 215 cm³/mol. The molecule has 0 aliphatic heterocycles. The van der Waals surface area contributed by atoms with E-state index in [9.17, 15) is 19.8 Å². The van der Waals surface area contributed by atoms with E-state index in [4.69, 9.17) is 34.8 Å². The monoisotopic (exact) mass is 772 g/mol. The van der Waals surface area contributed by atoms with Gasteiger partial charge in [-0.25, -0.2) is 0 Å². The minimum absolute atomic E-state index is 0.0206. The molecule has 0 radical (unpaired) electrons. The third-order valence-electron chi connectivity index (χ3n) is 8.41. The highest BCUT2D eigenvalue weighted by Gasteiger charge is 2.21. The Balaban J connectivity index is 1.12. The van der Waals surface area contributed by atoms with Crippen LogP contribution in [0.2, 0.25) is 15.1 Å². The van der Waals surface area contributed by atoms with Crippen LogP contribution in [0.5, 0.6) is 11.5 Å². The van der Waals surface area contributed by atoms with Crippen molar-refractivity contribution in [2.75, 3.05) is 10.6 Å². The molecule has 0 aromatic heterocycles. The van der Waals surface area contributed by atoms with Crippen molar-refractivity contribution in [2.24, 2.45) is 20.5 Å². The predicted octanol–water partition coefficient (Wildman–Crippen LogP) is 13.0. The van der Waals surface area contributed by atoms with E-state index in [1.165, 1.54) is 6.07 Å². The van der Waals surface area contributed by atoms with Crippen LogP contribution >= 0.6 is 34.8 Å². The standard InChI is InChI=1S/C41H27Cl3N6O4/c1-22-10-16-32(43)34(18-22)47-49-36-28-8-4-2-6-23(28)19-30(38(36)51)40(53)45-26-12-14-27(15-13-26)46-41(54)31-20-24-7-3-5-9-29(24)37(39(31)52)50-48-35-21-25(42)11-17-33(35)44/h2-21,51-52H,1H3,(H,45,53)(H,46,54). The molecule has 266 valence electrons. The van der Waals surface area contributed by atoms with Gasteiger partial charge in [-0.3, -0.25) is 9.59 Å². The normalized spacial score (nSPS) is 11.5. The molecule has 7 rings (SSSR count). The summed E-state index contributed by atoms with van der Waals surface area (Å²) < 4.78 is 0. The number of carbonyl (C=O) groups excluding carboxylic acids is 2. The lowest BCUT2D eigenvalue weighted by Crippen LogP contribution is -2.13. The first-order valence-electron chi connectivity index (χ1n) is 16.3. The maximum Gasteiger partial charge on any atom is 0.259 e. The van der Waals surface area contributed by atoms with Gasteiger partial charge >= 0.3 is 0 Å².